The van der Waals surface area contributed by atoms with E-state index in [0.29, 0.717) is 32.7 Å². The van der Waals surface area contributed by atoms with E-state index in [-0.39, 0.29) is 18.2 Å². The summed E-state index contributed by atoms with van der Waals surface area (Å²) in [5.74, 6) is 0.0890. The molecule has 0 spiro atoms. The Bertz CT molecular complexity index is 555. The summed E-state index contributed by atoms with van der Waals surface area (Å²) < 4.78 is 43.8. The van der Waals surface area contributed by atoms with Crippen molar-refractivity contribution in [2.24, 2.45) is 0 Å². The quantitative estimate of drug-likeness (QED) is 0.862. The second-order valence-electron chi connectivity index (χ2n) is 7.10. The fraction of sp³-hybridized carbons (Fsp3) is 0.750. The Morgan fingerprint density at radius 1 is 1.20 bits per heavy atom. The zero-order chi connectivity index (χ0) is 18.7. The van der Waals surface area contributed by atoms with Crippen LogP contribution >= 0.6 is 0 Å². The third-order valence-corrected chi connectivity index (χ3v) is 3.77. The molecule has 2 heterocycles. The van der Waals surface area contributed by atoms with Crippen LogP contribution < -0.4 is 4.90 Å². The number of aromatic nitrogens is 2. The lowest BCUT2D eigenvalue weighted by Crippen LogP contribution is -2.49. The van der Waals surface area contributed by atoms with Crippen LogP contribution in [-0.2, 0) is 10.9 Å². The number of halogens is 3. The number of aliphatic hydroxyl groups is 1. The van der Waals surface area contributed by atoms with Crippen LogP contribution in [0.15, 0.2) is 12.3 Å². The van der Waals surface area contributed by atoms with Gasteiger partial charge in [0.15, 0.2) is 0 Å². The largest absolute Gasteiger partial charge is 0.433 e. The molecule has 0 radical (unpaired) electrons. The molecule has 0 amide bonds. The van der Waals surface area contributed by atoms with Gasteiger partial charge in [-0.3, -0.25) is 4.90 Å². The zero-order valence-corrected chi connectivity index (χ0v) is 14.8. The summed E-state index contributed by atoms with van der Waals surface area (Å²) in [5, 5.41) is 10.0. The first-order valence-electron chi connectivity index (χ1n) is 8.24. The molecule has 1 atom stereocenters. The lowest BCUT2D eigenvalue weighted by atomic mass is 10.2. The molecule has 1 aromatic heterocycles. The molecule has 1 aliphatic heterocycles. The first-order chi connectivity index (χ1) is 11.5. The number of aliphatic hydroxyl groups excluding tert-OH is 1. The third kappa shape index (κ3) is 6.41. The van der Waals surface area contributed by atoms with Crippen molar-refractivity contribution in [1.29, 1.82) is 0 Å². The molecule has 9 heteroatoms. The molecule has 2 rings (SSSR count). The minimum Gasteiger partial charge on any atom is -0.389 e. The van der Waals surface area contributed by atoms with Crippen molar-refractivity contribution in [2.45, 2.75) is 38.7 Å². The van der Waals surface area contributed by atoms with Gasteiger partial charge in [-0.15, -0.1) is 0 Å². The number of rotatable bonds is 5. The average Bonchev–Trinajstić information content (AvgIpc) is 2.52. The molecule has 1 aliphatic rings. The van der Waals surface area contributed by atoms with Crippen LogP contribution in [0.4, 0.5) is 19.1 Å². The standard InChI is InChI=1S/C16H25F3N4O2/c1-15(2,3)25-11-12(24)10-22-6-8-23(9-7-22)14-20-5-4-13(21-14)16(17,18)19/h4-5,12,24H,6-11H2,1-3H3. The van der Waals surface area contributed by atoms with Crippen molar-refractivity contribution in [3.05, 3.63) is 18.0 Å². The summed E-state index contributed by atoms with van der Waals surface area (Å²) >= 11 is 0. The Labute approximate surface area is 145 Å². The highest BCUT2D eigenvalue weighted by Gasteiger charge is 2.33. The number of piperazine rings is 1. The first-order valence-corrected chi connectivity index (χ1v) is 8.24. The van der Waals surface area contributed by atoms with E-state index in [4.69, 9.17) is 4.74 Å². The molecule has 25 heavy (non-hydrogen) atoms. The van der Waals surface area contributed by atoms with Gasteiger partial charge in [0.25, 0.3) is 0 Å². The Morgan fingerprint density at radius 3 is 2.40 bits per heavy atom. The first kappa shape index (κ1) is 19.9. The van der Waals surface area contributed by atoms with Gasteiger partial charge in [0.2, 0.25) is 5.95 Å². The van der Waals surface area contributed by atoms with E-state index >= 15 is 0 Å². The molecule has 142 valence electrons. The molecule has 0 aliphatic carbocycles. The lowest BCUT2D eigenvalue weighted by Gasteiger charge is -2.36. The molecular weight excluding hydrogens is 337 g/mol. The Morgan fingerprint density at radius 2 is 1.84 bits per heavy atom. The summed E-state index contributed by atoms with van der Waals surface area (Å²) in [7, 11) is 0. The van der Waals surface area contributed by atoms with Crippen LogP contribution in [0.1, 0.15) is 26.5 Å². The number of hydrogen-bond acceptors (Lipinski definition) is 6. The molecule has 0 aromatic carbocycles. The predicted octanol–water partition coefficient (Wildman–Crippen LogP) is 1.79. The summed E-state index contributed by atoms with van der Waals surface area (Å²) in [5.41, 5.74) is -1.24. The molecule has 1 aromatic rings. The van der Waals surface area contributed by atoms with Gasteiger partial charge in [0.05, 0.1) is 18.3 Å². The highest BCUT2D eigenvalue weighted by atomic mass is 19.4. The van der Waals surface area contributed by atoms with E-state index < -0.39 is 18.0 Å². The molecule has 1 saturated heterocycles. The van der Waals surface area contributed by atoms with E-state index in [0.717, 1.165) is 12.3 Å². The molecule has 6 nitrogen and oxygen atoms in total. The topological polar surface area (TPSA) is 61.7 Å². The van der Waals surface area contributed by atoms with Crippen LogP contribution in [0, 0.1) is 0 Å². The van der Waals surface area contributed by atoms with E-state index in [1.807, 2.05) is 20.8 Å². The number of alkyl halides is 3. The van der Waals surface area contributed by atoms with Crippen molar-refractivity contribution in [1.82, 2.24) is 14.9 Å². The summed E-state index contributed by atoms with van der Waals surface area (Å²) in [6.45, 7) is 8.74. The van der Waals surface area contributed by atoms with Gasteiger partial charge in [-0.05, 0) is 26.8 Å². The number of hydrogen-bond donors (Lipinski definition) is 1. The van der Waals surface area contributed by atoms with Crippen molar-refractivity contribution >= 4 is 5.95 Å². The normalized spacial score (nSPS) is 18.4. The molecule has 0 saturated carbocycles. The molecule has 1 unspecified atom stereocenters. The lowest BCUT2D eigenvalue weighted by molar-refractivity contribution is -0.141. The Hall–Kier alpha value is -1.45. The second kappa shape index (κ2) is 7.84. The van der Waals surface area contributed by atoms with Crippen LogP contribution in [0.3, 0.4) is 0 Å². The van der Waals surface area contributed by atoms with E-state index in [9.17, 15) is 18.3 Å². The second-order valence-corrected chi connectivity index (χ2v) is 7.10. The van der Waals surface area contributed by atoms with Crippen molar-refractivity contribution in [3.8, 4) is 0 Å². The van der Waals surface area contributed by atoms with Crippen LogP contribution in [0.5, 0.6) is 0 Å². The number of anilines is 1. The smallest absolute Gasteiger partial charge is 0.389 e. The van der Waals surface area contributed by atoms with Crippen molar-refractivity contribution < 1.29 is 23.0 Å². The maximum absolute atomic E-state index is 12.7. The Kier molecular flexibility index (Phi) is 6.23. The summed E-state index contributed by atoms with van der Waals surface area (Å²) in [6, 6.07) is 0.866. The van der Waals surface area contributed by atoms with Crippen LogP contribution in [0.25, 0.3) is 0 Å². The highest BCUT2D eigenvalue weighted by molar-refractivity contribution is 5.31. The number of β-amino-alcohol motifs (C(OH)–C–C–N with tert-alkyl or cyclic N) is 1. The van der Waals surface area contributed by atoms with E-state index in [1.165, 1.54) is 0 Å². The van der Waals surface area contributed by atoms with Crippen molar-refractivity contribution in [2.75, 3.05) is 44.2 Å². The fourth-order valence-corrected chi connectivity index (χ4v) is 2.49. The van der Waals surface area contributed by atoms with Crippen LogP contribution in [0.2, 0.25) is 0 Å². The molecule has 1 N–H and O–H groups in total. The highest BCUT2D eigenvalue weighted by Crippen LogP contribution is 2.28. The molecule has 0 bridgehead atoms. The third-order valence-electron chi connectivity index (χ3n) is 3.77. The minimum absolute atomic E-state index is 0.0890. The van der Waals surface area contributed by atoms with Gasteiger partial charge < -0.3 is 14.7 Å². The Balaban J connectivity index is 1.84. The van der Waals surface area contributed by atoms with Gasteiger partial charge in [0.1, 0.15) is 5.69 Å². The zero-order valence-electron chi connectivity index (χ0n) is 14.8. The van der Waals surface area contributed by atoms with Gasteiger partial charge in [0, 0.05) is 38.9 Å². The summed E-state index contributed by atoms with van der Waals surface area (Å²) in [6.07, 6.45) is -3.95. The molecule has 1 fully saturated rings. The van der Waals surface area contributed by atoms with Gasteiger partial charge in [-0.2, -0.15) is 13.2 Å². The van der Waals surface area contributed by atoms with E-state index in [1.54, 1.807) is 4.90 Å². The maximum Gasteiger partial charge on any atom is 0.433 e. The summed E-state index contributed by atoms with van der Waals surface area (Å²) in [4.78, 5) is 11.3. The predicted molar refractivity (Wildman–Crippen MR) is 87.4 cm³/mol. The SMILES string of the molecule is CC(C)(C)OCC(O)CN1CCN(c2nccc(C(F)(F)F)n2)CC1. The monoisotopic (exact) mass is 362 g/mol. The number of nitrogens with zero attached hydrogens (tertiary/aromatic N) is 4. The van der Waals surface area contributed by atoms with Gasteiger partial charge >= 0.3 is 6.18 Å². The van der Waals surface area contributed by atoms with Crippen molar-refractivity contribution in [3.63, 3.8) is 0 Å². The molecular formula is C16H25F3N4O2. The maximum atomic E-state index is 12.7. The average molecular weight is 362 g/mol. The van der Waals surface area contributed by atoms with Gasteiger partial charge in [-0.1, -0.05) is 0 Å². The van der Waals surface area contributed by atoms with Gasteiger partial charge in [-0.25, -0.2) is 9.97 Å². The van der Waals surface area contributed by atoms with Crippen LogP contribution in [-0.4, -0.2) is 71.0 Å². The minimum atomic E-state index is -4.48. The van der Waals surface area contributed by atoms with E-state index in [2.05, 4.69) is 14.9 Å². The number of ether oxygens (including phenoxy) is 1. The fourth-order valence-electron chi connectivity index (χ4n) is 2.49.